The molecule has 3 aromatic heterocycles. The normalized spacial score (nSPS) is 15.4. The molecule has 1 aliphatic carbocycles. The van der Waals surface area contributed by atoms with Crippen molar-refractivity contribution in [3.05, 3.63) is 69.8 Å². The van der Waals surface area contributed by atoms with Crippen molar-refractivity contribution in [3.63, 3.8) is 0 Å². The largest absolute Gasteiger partial charge is 0.486 e. The molecule has 0 saturated heterocycles. The van der Waals surface area contributed by atoms with Gasteiger partial charge >= 0.3 is 0 Å². The summed E-state index contributed by atoms with van der Waals surface area (Å²) in [5.41, 5.74) is 2.34. The van der Waals surface area contributed by atoms with Gasteiger partial charge in [-0.2, -0.15) is 0 Å². The number of halogens is 1. The van der Waals surface area contributed by atoms with E-state index in [2.05, 4.69) is 20.3 Å². The Bertz CT molecular complexity index is 1380. The number of pyridine rings is 2. The Kier molecular flexibility index (Phi) is 5.65. The smallest absolute Gasteiger partial charge is 0.258 e. The van der Waals surface area contributed by atoms with E-state index in [1.165, 1.54) is 0 Å². The van der Waals surface area contributed by atoms with Gasteiger partial charge in [-0.25, -0.2) is 9.67 Å². The highest BCUT2D eigenvalue weighted by Gasteiger charge is 2.39. The van der Waals surface area contributed by atoms with Crippen molar-refractivity contribution in [2.45, 2.75) is 32.3 Å². The van der Waals surface area contributed by atoms with E-state index in [4.69, 9.17) is 21.1 Å². The maximum atomic E-state index is 12.3. The van der Waals surface area contributed by atoms with E-state index in [0.29, 0.717) is 62.6 Å². The van der Waals surface area contributed by atoms with E-state index in [9.17, 15) is 5.11 Å². The van der Waals surface area contributed by atoms with Gasteiger partial charge in [-0.15, -0.1) is 5.10 Å². The molecule has 5 rings (SSSR count). The topological polar surface area (TPSA) is 95.2 Å². The lowest BCUT2D eigenvalue weighted by Crippen LogP contribution is -2.32. The summed E-state index contributed by atoms with van der Waals surface area (Å²) in [4.78, 5) is 9.19. The summed E-state index contributed by atoms with van der Waals surface area (Å²) in [5, 5.41) is 21.4. The molecule has 1 atom stereocenters. The first-order valence-electron chi connectivity index (χ1n) is 11.2. The van der Waals surface area contributed by atoms with Gasteiger partial charge in [0.1, 0.15) is 0 Å². The van der Waals surface area contributed by atoms with Crippen LogP contribution in [0, 0.1) is 19.8 Å². The fourth-order valence-electron chi connectivity index (χ4n) is 4.29. The minimum atomic E-state index is -1.57. The lowest BCUT2D eigenvalue weighted by Gasteiger charge is -2.30. The zero-order chi connectivity index (χ0) is 24.0. The number of aliphatic hydroxyl groups is 1. The van der Waals surface area contributed by atoms with Crippen molar-refractivity contribution >= 4 is 22.5 Å². The minimum Gasteiger partial charge on any atom is -0.486 e. The van der Waals surface area contributed by atoms with Crippen LogP contribution in [-0.2, 0) is 12.6 Å². The van der Waals surface area contributed by atoms with Gasteiger partial charge in [0.05, 0.1) is 36.1 Å². The Labute approximate surface area is 202 Å². The van der Waals surface area contributed by atoms with Gasteiger partial charge in [-0.1, -0.05) is 28.9 Å². The quantitative estimate of drug-likeness (QED) is 0.426. The Hall–Kier alpha value is -3.23. The van der Waals surface area contributed by atoms with Crippen molar-refractivity contribution in [3.8, 4) is 11.6 Å². The highest BCUT2D eigenvalue weighted by molar-refractivity contribution is 6.37. The van der Waals surface area contributed by atoms with Crippen LogP contribution in [-0.4, -0.2) is 43.8 Å². The molecule has 0 bridgehead atoms. The molecule has 8 nitrogen and oxygen atoms in total. The number of methoxy groups -OCH3 is 1. The van der Waals surface area contributed by atoms with Crippen LogP contribution in [0.1, 0.15) is 41.1 Å². The van der Waals surface area contributed by atoms with E-state index < -0.39 is 5.60 Å². The van der Waals surface area contributed by atoms with Crippen molar-refractivity contribution < 1.29 is 14.6 Å². The number of hydrogen-bond donors (Lipinski definition) is 1. The molecule has 0 spiro atoms. The molecule has 0 amide bonds. The van der Waals surface area contributed by atoms with Crippen LogP contribution >= 0.6 is 11.6 Å². The van der Waals surface area contributed by atoms with Crippen LogP contribution < -0.4 is 9.47 Å². The predicted octanol–water partition coefficient (Wildman–Crippen LogP) is 4.11. The third-order valence-electron chi connectivity index (χ3n) is 6.32. The predicted molar refractivity (Wildman–Crippen MR) is 128 cm³/mol. The molecule has 4 aromatic rings. The number of aryl methyl sites for hydroxylation is 3. The van der Waals surface area contributed by atoms with Gasteiger partial charge in [0.25, 0.3) is 5.88 Å². The molecule has 0 unspecified atom stereocenters. The molecule has 3 heterocycles. The third-order valence-corrected chi connectivity index (χ3v) is 6.70. The molecule has 1 fully saturated rings. The van der Waals surface area contributed by atoms with Crippen LogP contribution in [0.3, 0.4) is 0 Å². The molecule has 1 saturated carbocycles. The molecule has 1 aromatic carbocycles. The SMILES string of the molecule is COc1nc2ccc([C@@](O)(c3ccc(C)nc3C)c3cnnn3C)cc2c(Cl)c1OCC1CC1. The first-order valence-corrected chi connectivity index (χ1v) is 11.5. The van der Waals surface area contributed by atoms with Crippen molar-refractivity contribution in [2.75, 3.05) is 13.7 Å². The van der Waals surface area contributed by atoms with Gasteiger partial charge in [0, 0.05) is 29.4 Å². The summed E-state index contributed by atoms with van der Waals surface area (Å²) >= 11 is 6.84. The first-order chi connectivity index (χ1) is 16.3. The molecule has 1 aliphatic rings. The second-order valence-corrected chi connectivity index (χ2v) is 9.17. The van der Waals surface area contributed by atoms with Crippen LogP contribution in [0.4, 0.5) is 0 Å². The summed E-state index contributed by atoms with van der Waals surface area (Å²) in [5.74, 6) is 1.30. The number of ether oxygens (including phenoxy) is 2. The van der Waals surface area contributed by atoms with Crippen LogP contribution in [0.15, 0.2) is 36.5 Å². The standard InChI is InChI=1S/C25H26ClN5O3/c1-14-5-9-19(15(2)28-14)25(32,21-12-27-30-31(21)3)17-8-10-20-18(11-17)22(26)23(24(29-20)33-4)34-13-16-6-7-16/h5,8-12,16,32H,6-7,13H2,1-4H3/t25-/m1/s1. The summed E-state index contributed by atoms with van der Waals surface area (Å²) in [6.07, 6.45) is 3.86. The summed E-state index contributed by atoms with van der Waals surface area (Å²) in [7, 11) is 3.29. The van der Waals surface area contributed by atoms with Crippen molar-refractivity contribution in [1.29, 1.82) is 0 Å². The van der Waals surface area contributed by atoms with Crippen molar-refractivity contribution in [1.82, 2.24) is 25.0 Å². The fourth-order valence-corrected chi connectivity index (χ4v) is 4.57. The molecule has 34 heavy (non-hydrogen) atoms. The van der Waals surface area contributed by atoms with E-state index in [1.807, 2.05) is 44.2 Å². The molecule has 176 valence electrons. The fraction of sp³-hybridized carbons (Fsp3) is 0.360. The van der Waals surface area contributed by atoms with Crippen molar-refractivity contribution in [2.24, 2.45) is 13.0 Å². The average Bonchev–Trinajstić information content (AvgIpc) is 3.55. The maximum absolute atomic E-state index is 12.3. The molecular weight excluding hydrogens is 454 g/mol. The molecule has 1 N–H and O–H groups in total. The van der Waals surface area contributed by atoms with E-state index in [0.717, 1.165) is 18.5 Å². The molecule has 9 heteroatoms. The Balaban J connectivity index is 1.72. The lowest BCUT2D eigenvalue weighted by atomic mass is 9.82. The van der Waals surface area contributed by atoms with Crippen LogP contribution in [0.5, 0.6) is 11.6 Å². The van der Waals surface area contributed by atoms with Crippen LogP contribution in [0.25, 0.3) is 10.9 Å². The number of aromatic nitrogens is 5. The van der Waals surface area contributed by atoms with Gasteiger partial charge in [-0.3, -0.25) is 4.98 Å². The number of rotatable bonds is 7. The van der Waals surface area contributed by atoms with E-state index >= 15 is 0 Å². The third kappa shape index (κ3) is 3.76. The highest BCUT2D eigenvalue weighted by atomic mass is 35.5. The Morgan fingerprint density at radius 2 is 1.97 bits per heavy atom. The van der Waals surface area contributed by atoms with Gasteiger partial charge < -0.3 is 14.6 Å². The van der Waals surface area contributed by atoms with Gasteiger partial charge in [-0.05, 0) is 56.4 Å². The zero-order valence-electron chi connectivity index (χ0n) is 19.5. The van der Waals surface area contributed by atoms with E-state index in [-0.39, 0.29) is 0 Å². The average molecular weight is 480 g/mol. The van der Waals surface area contributed by atoms with Crippen LogP contribution in [0.2, 0.25) is 5.02 Å². The minimum absolute atomic E-state index is 0.343. The van der Waals surface area contributed by atoms with Gasteiger partial charge in [0.15, 0.2) is 5.60 Å². The number of hydrogen-bond acceptors (Lipinski definition) is 7. The number of benzene rings is 1. The second kappa shape index (κ2) is 8.52. The molecule has 0 radical (unpaired) electrons. The maximum Gasteiger partial charge on any atom is 0.258 e. The molecule has 0 aliphatic heterocycles. The Morgan fingerprint density at radius 3 is 2.62 bits per heavy atom. The molecular formula is C25H26ClN5O3. The summed E-state index contributed by atoms with van der Waals surface area (Å²) in [6, 6.07) is 9.23. The first kappa shape index (κ1) is 22.6. The second-order valence-electron chi connectivity index (χ2n) is 8.79. The summed E-state index contributed by atoms with van der Waals surface area (Å²) in [6.45, 7) is 4.36. The van der Waals surface area contributed by atoms with Gasteiger partial charge in [0.2, 0.25) is 5.75 Å². The summed E-state index contributed by atoms with van der Waals surface area (Å²) < 4.78 is 13.0. The van der Waals surface area contributed by atoms with E-state index in [1.54, 1.807) is 25.0 Å². The lowest BCUT2D eigenvalue weighted by molar-refractivity contribution is 0.115. The Morgan fingerprint density at radius 1 is 1.18 bits per heavy atom. The monoisotopic (exact) mass is 479 g/mol. The zero-order valence-corrected chi connectivity index (χ0v) is 20.3. The highest BCUT2D eigenvalue weighted by Crippen LogP contribution is 2.43. The number of nitrogens with zero attached hydrogens (tertiary/aromatic N) is 5. The number of fused-ring (bicyclic) bond motifs is 1.